The van der Waals surface area contributed by atoms with Gasteiger partial charge in [-0.25, -0.2) is 4.68 Å². The van der Waals surface area contributed by atoms with Crippen LogP contribution in [0.5, 0.6) is 0 Å². The maximum absolute atomic E-state index is 4.34. The Morgan fingerprint density at radius 1 is 1.17 bits per heavy atom. The van der Waals surface area contributed by atoms with E-state index in [0.717, 1.165) is 28.2 Å². The molecule has 1 N–H and O–H groups in total. The molecule has 0 saturated carbocycles. The van der Waals surface area contributed by atoms with Crippen LogP contribution in [0, 0.1) is 6.33 Å². The van der Waals surface area contributed by atoms with Crippen LogP contribution >= 0.6 is 0 Å². The summed E-state index contributed by atoms with van der Waals surface area (Å²) in [5.74, 6) is 0.775. The van der Waals surface area contributed by atoms with Gasteiger partial charge in [-0.05, 0) is 6.07 Å². The average Bonchev–Trinajstić information content (AvgIpc) is 3.31. The number of para-hydroxylation sites is 1. The summed E-state index contributed by atoms with van der Waals surface area (Å²) in [7, 11) is 3.85. The van der Waals surface area contributed by atoms with Gasteiger partial charge in [0.2, 0.25) is 12.3 Å². The van der Waals surface area contributed by atoms with Gasteiger partial charge in [0.1, 0.15) is 12.0 Å². The number of aromatic amines is 1. The van der Waals surface area contributed by atoms with E-state index in [9.17, 15) is 0 Å². The van der Waals surface area contributed by atoms with Gasteiger partial charge >= 0.3 is 0 Å². The van der Waals surface area contributed by atoms with Crippen molar-refractivity contribution in [1.29, 1.82) is 0 Å². The third kappa shape index (κ3) is 1.69. The fourth-order valence-electron chi connectivity index (χ4n) is 3.20. The molecular weight excluding hydrogens is 302 g/mol. The number of hydrogen-bond donors (Lipinski definition) is 1. The number of fused-ring (bicyclic) bond motifs is 3. The number of H-pyrrole nitrogens is 1. The molecule has 5 rings (SSSR count). The van der Waals surface area contributed by atoms with E-state index < -0.39 is 0 Å². The van der Waals surface area contributed by atoms with Crippen LogP contribution in [0.25, 0.3) is 33.6 Å². The second-order valence-electron chi connectivity index (χ2n) is 5.84. The fourth-order valence-corrected chi connectivity index (χ4v) is 3.20. The summed E-state index contributed by atoms with van der Waals surface area (Å²) in [5.41, 5.74) is 3.14. The number of nitrogens with zero attached hydrogens (tertiary/aromatic N) is 6. The first-order valence-electron chi connectivity index (χ1n) is 7.65. The van der Waals surface area contributed by atoms with Gasteiger partial charge in [-0.1, -0.05) is 18.2 Å². The Morgan fingerprint density at radius 2 is 2.08 bits per heavy atom. The Hall–Kier alpha value is -3.35. The molecule has 0 bridgehead atoms. The van der Waals surface area contributed by atoms with Crippen molar-refractivity contribution < 1.29 is 4.57 Å². The molecule has 7 nitrogen and oxygen atoms in total. The van der Waals surface area contributed by atoms with Crippen molar-refractivity contribution in [3.63, 3.8) is 0 Å². The Bertz CT molecular complexity index is 1180. The van der Waals surface area contributed by atoms with Gasteiger partial charge in [0.05, 0.1) is 18.3 Å². The van der Waals surface area contributed by atoms with Crippen LogP contribution in [0.4, 0.5) is 0 Å². The van der Waals surface area contributed by atoms with E-state index in [1.165, 1.54) is 5.39 Å². The number of aromatic nitrogens is 7. The molecule has 118 valence electrons. The summed E-state index contributed by atoms with van der Waals surface area (Å²) >= 11 is 0. The molecule has 0 aliphatic heterocycles. The molecule has 24 heavy (non-hydrogen) atoms. The Balaban J connectivity index is 1.82. The van der Waals surface area contributed by atoms with Gasteiger partial charge in [0.25, 0.3) is 0 Å². The standard InChI is InChI=1S/C17H15N7/c1-21-8-9-23(11-21)14-5-3-4-12-13-6-7-24(16(13)20-15(12)14)17-18-10-19-22(17)2/h3-10,20H,1-2H3. The maximum atomic E-state index is 4.34. The van der Waals surface area contributed by atoms with E-state index in [-0.39, 0.29) is 0 Å². The third-order valence-electron chi connectivity index (χ3n) is 4.33. The van der Waals surface area contributed by atoms with E-state index in [0.29, 0.717) is 0 Å². The van der Waals surface area contributed by atoms with Crippen molar-refractivity contribution >= 4 is 21.9 Å². The zero-order chi connectivity index (χ0) is 16.3. The highest BCUT2D eigenvalue weighted by molar-refractivity contribution is 6.09. The van der Waals surface area contributed by atoms with Gasteiger partial charge in [0, 0.05) is 36.4 Å². The van der Waals surface area contributed by atoms with E-state index in [2.05, 4.69) is 45.7 Å². The first-order valence-corrected chi connectivity index (χ1v) is 7.65. The molecule has 0 aliphatic carbocycles. The minimum Gasteiger partial charge on any atom is -0.345 e. The molecule has 0 spiro atoms. The van der Waals surface area contributed by atoms with Gasteiger partial charge in [-0.15, -0.1) is 0 Å². The Labute approximate surface area is 137 Å². The van der Waals surface area contributed by atoms with E-state index in [4.69, 9.17) is 0 Å². The highest BCUT2D eigenvalue weighted by Gasteiger charge is 2.14. The van der Waals surface area contributed by atoms with Crippen molar-refractivity contribution in [1.82, 2.24) is 28.9 Å². The van der Waals surface area contributed by atoms with Crippen molar-refractivity contribution in [2.75, 3.05) is 0 Å². The molecule has 0 saturated heterocycles. The summed E-state index contributed by atoms with van der Waals surface area (Å²) in [5, 5.41) is 6.49. The number of benzene rings is 1. The van der Waals surface area contributed by atoms with Crippen LogP contribution < -0.4 is 4.57 Å². The molecule has 1 aromatic carbocycles. The first kappa shape index (κ1) is 13.1. The maximum Gasteiger partial charge on any atom is 0.243 e. The summed E-state index contributed by atoms with van der Waals surface area (Å²) in [6, 6.07) is 8.38. The average molecular weight is 317 g/mol. The van der Waals surface area contributed by atoms with E-state index in [1.807, 2.05) is 46.4 Å². The minimum absolute atomic E-state index is 0.775. The lowest BCUT2D eigenvalue weighted by atomic mass is 10.2. The third-order valence-corrected chi connectivity index (χ3v) is 4.33. The molecule has 0 atom stereocenters. The normalized spacial score (nSPS) is 11.8. The van der Waals surface area contributed by atoms with Gasteiger partial charge in [0.15, 0.2) is 0 Å². The minimum atomic E-state index is 0.775. The lowest BCUT2D eigenvalue weighted by molar-refractivity contribution is -0.674. The highest BCUT2D eigenvalue weighted by atomic mass is 15.4. The van der Waals surface area contributed by atoms with Crippen LogP contribution in [-0.2, 0) is 14.1 Å². The van der Waals surface area contributed by atoms with Crippen LogP contribution in [0.2, 0.25) is 0 Å². The fraction of sp³-hybridized carbons (Fsp3) is 0.118. The molecule has 0 aliphatic rings. The van der Waals surface area contributed by atoms with Gasteiger partial charge < -0.3 is 14.1 Å². The molecular formula is C17H15N7. The van der Waals surface area contributed by atoms with Crippen LogP contribution in [0.1, 0.15) is 0 Å². The van der Waals surface area contributed by atoms with Crippen LogP contribution in [0.3, 0.4) is 0 Å². The van der Waals surface area contributed by atoms with Crippen molar-refractivity contribution in [3.05, 3.63) is 55.5 Å². The molecule has 0 radical (unpaired) electrons. The second kappa shape index (κ2) is 4.58. The van der Waals surface area contributed by atoms with Crippen molar-refractivity contribution in [3.8, 4) is 11.6 Å². The quantitative estimate of drug-likeness (QED) is 0.397. The molecule has 0 unspecified atom stereocenters. The monoisotopic (exact) mass is 317 g/mol. The predicted octanol–water partition coefficient (Wildman–Crippen LogP) is 1.66. The van der Waals surface area contributed by atoms with E-state index in [1.54, 1.807) is 11.0 Å². The molecule has 5 aromatic rings. The molecule has 0 fully saturated rings. The Morgan fingerprint density at radius 3 is 2.83 bits per heavy atom. The molecule has 4 heterocycles. The second-order valence-corrected chi connectivity index (χ2v) is 5.84. The summed E-state index contributed by atoms with van der Waals surface area (Å²) in [6.45, 7) is 0. The number of aryl methyl sites for hydroxylation is 2. The first-order chi connectivity index (χ1) is 11.7. The van der Waals surface area contributed by atoms with Gasteiger partial charge in [-0.3, -0.25) is 4.57 Å². The zero-order valence-corrected chi connectivity index (χ0v) is 13.3. The number of rotatable bonds is 2. The summed E-state index contributed by atoms with van der Waals surface area (Å²) in [6.07, 6.45) is 10.8. The van der Waals surface area contributed by atoms with Crippen LogP contribution in [0.15, 0.2) is 49.2 Å². The Kier molecular flexibility index (Phi) is 2.50. The topological polar surface area (TPSA) is 60.2 Å². The number of nitrogens with one attached hydrogen (secondary N) is 1. The molecule has 4 aromatic heterocycles. The zero-order valence-electron chi connectivity index (χ0n) is 13.3. The predicted molar refractivity (Wildman–Crippen MR) is 89.0 cm³/mol. The van der Waals surface area contributed by atoms with Gasteiger partial charge in [-0.2, -0.15) is 10.1 Å². The van der Waals surface area contributed by atoms with Crippen molar-refractivity contribution in [2.24, 2.45) is 14.1 Å². The van der Waals surface area contributed by atoms with Crippen molar-refractivity contribution in [2.45, 2.75) is 0 Å². The number of hydrogen-bond acceptors (Lipinski definition) is 2. The largest absolute Gasteiger partial charge is 0.345 e. The van der Waals surface area contributed by atoms with Crippen LogP contribution in [-0.4, -0.2) is 28.9 Å². The lowest BCUT2D eigenvalue weighted by Gasteiger charge is -2.05. The SMILES string of the molecule is Cn1ncnc1-n1ccc2c3cccc(-n4[c-][n+](C)cc4)c3[nH]c21. The van der Waals surface area contributed by atoms with E-state index >= 15 is 0 Å². The smallest absolute Gasteiger partial charge is 0.243 e. The summed E-state index contributed by atoms with van der Waals surface area (Å²) in [4.78, 5) is 7.89. The summed E-state index contributed by atoms with van der Waals surface area (Å²) < 4.78 is 7.67. The molecule has 0 amide bonds. The highest BCUT2D eigenvalue weighted by Crippen LogP contribution is 2.30. The molecule has 7 heteroatoms. The lowest BCUT2D eigenvalue weighted by Crippen LogP contribution is -2.24. The number of imidazole rings is 1.